The third-order valence-corrected chi connectivity index (χ3v) is 7.70. The molecule has 1 aliphatic heterocycles. The van der Waals surface area contributed by atoms with Gasteiger partial charge in [-0.25, -0.2) is 0 Å². The molecule has 0 aromatic heterocycles. The van der Waals surface area contributed by atoms with Crippen LogP contribution in [-0.4, -0.2) is 34.4 Å². The lowest BCUT2D eigenvalue weighted by Crippen LogP contribution is -2.30. The molecule has 0 bridgehead atoms. The maximum absolute atomic E-state index is 10.2. The number of rotatable bonds is 7. The van der Waals surface area contributed by atoms with Crippen LogP contribution in [0, 0.1) is 0 Å². The van der Waals surface area contributed by atoms with Crippen LogP contribution in [-0.2, 0) is 0 Å². The number of benzene rings is 1. The second kappa shape index (κ2) is 7.30. The highest BCUT2D eigenvalue weighted by molar-refractivity contribution is 8.36. The summed E-state index contributed by atoms with van der Waals surface area (Å²) in [6, 6.07) is 10.5. The Bertz CT molecular complexity index is 507. The first kappa shape index (κ1) is 16.3. The number of hydrogen-bond acceptors (Lipinski definition) is 2. The molecule has 0 radical (unpaired) electrons. The topological polar surface area (TPSA) is 23.5 Å². The molecule has 2 rings (SSSR count). The number of hydrogen-bond donors (Lipinski definition) is 1. The fraction of sp³-hybridized carbons (Fsp3) is 0.444. The average Bonchev–Trinajstić information content (AvgIpc) is 2.94. The van der Waals surface area contributed by atoms with E-state index in [1.165, 1.54) is 11.1 Å². The number of allylic oxidation sites excluding steroid dienone is 2. The van der Waals surface area contributed by atoms with Crippen LogP contribution in [0.4, 0.5) is 0 Å². The van der Waals surface area contributed by atoms with Crippen LogP contribution in [0.1, 0.15) is 32.8 Å². The maximum atomic E-state index is 10.2. The van der Waals surface area contributed by atoms with Crippen molar-refractivity contribution in [1.82, 2.24) is 4.31 Å². The largest absolute Gasteiger partial charge is 0.392 e. The summed E-state index contributed by atoms with van der Waals surface area (Å²) in [4.78, 5) is 0. The summed E-state index contributed by atoms with van der Waals surface area (Å²) in [6.07, 6.45) is 2.83. The third-order valence-electron chi connectivity index (χ3n) is 4.04. The molecular weight excluding hydrogens is 278 g/mol. The van der Waals surface area contributed by atoms with Gasteiger partial charge in [-0.15, -0.1) is 10.2 Å². The number of nitrogens with zero attached hydrogens (tertiary/aromatic N) is 1. The summed E-state index contributed by atoms with van der Waals surface area (Å²) in [5.74, 6) is 0.845. The highest BCUT2D eigenvalue weighted by Gasteiger charge is 2.30. The van der Waals surface area contributed by atoms with Crippen molar-refractivity contribution in [1.29, 1.82) is 0 Å². The van der Waals surface area contributed by atoms with Crippen LogP contribution in [0.3, 0.4) is 0 Å². The molecule has 0 aliphatic carbocycles. The van der Waals surface area contributed by atoms with Gasteiger partial charge in [0, 0.05) is 18.8 Å². The molecule has 0 amide bonds. The van der Waals surface area contributed by atoms with E-state index in [4.69, 9.17) is 0 Å². The van der Waals surface area contributed by atoms with E-state index in [0.717, 1.165) is 25.3 Å². The highest BCUT2D eigenvalue weighted by Crippen LogP contribution is 2.60. The predicted molar refractivity (Wildman–Crippen MR) is 95.2 cm³/mol. The van der Waals surface area contributed by atoms with Crippen molar-refractivity contribution in [2.75, 3.05) is 18.8 Å². The lowest BCUT2D eigenvalue weighted by molar-refractivity contribution is 0.193. The van der Waals surface area contributed by atoms with Crippen LogP contribution in [0.5, 0.6) is 0 Å². The molecule has 116 valence electrons. The number of aliphatic hydroxyl groups excluding tert-OH is 1. The highest BCUT2D eigenvalue weighted by atomic mass is 32.3. The zero-order chi connectivity index (χ0) is 15.3. The third kappa shape index (κ3) is 3.60. The molecule has 0 fully saturated rings. The first-order valence-corrected chi connectivity index (χ1v) is 9.73. The number of aliphatic hydroxyl groups is 1. The van der Waals surface area contributed by atoms with E-state index >= 15 is 0 Å². The van der Waals surface area contributed by atoms with E-state index in [-0.39, 0.29) is 6.10 Å². The first-order valence-electron chi connectivity index (χ1n) is 7.84. The van der Waals surface area contributed by atoms with Crippen LogP contribution in [0.15, 0.2) is 47.2 Å². The summed E-state index contributed by atoms with van der Waals surface area (Å²) >= 11 is 0. The Morgan fingerprint density at radius 3 is 2.33 bits per heavy atom. The molecule has 2 atom stereocenters. The monoisotopic (exact) mass is 305 g/mol. The lowest BCUT2D eigenvalue weighted by Gasteiger charge is -2.43. The standard InChI is InChI=1S/C18H27NOS/c1-4-18(20)15-21(19(5-2)6-3)13-12-17(14-21)16-10-8-7-9-11-16/h7-14,18,20H,4-6,15H2,1-3H3. The Morgan fingerprint density at radius 1 is 1.10 bits per heavy atom. The van der Waals surface area contributed by atoms with Crippen LogP contribution in [0.25, 0.3) is 5.57 Å². The van der Waals surface area contributed by atoms with Gasteiger partial charge in [-0.2, -0.15) is 0 Å². The second-order valence-corrected chi connectivity index (χ2v) is 8.37. The smallest absolute Gasteiger partial charge is 0.0630 e. The van der Waals surface area contributed by atoms with Crippen molar-refractivity contribution in [2.45, 2.75) is 33.3 Å². The van der Waals surface area contributed by atoms with Crippen LogP contribution >= 0.6 is 10.2 Å². The molecule has 1 aromatic carbocycles. The van der Waals surface area contributed by atoms with Gasteiger partial charge in [0.1, 0.15) is 0 Å². The fourth-order valence-corrected chi connectivity index (χ4v) is 6.45. The van der Waals surface area contributed by atoms with E-state index < -0.39 is 10.2 Å². The van der Waals surface area contributed by atoms with Gasteiger partial charge in [0.2, 0.25) is 0 Å². The summed E-state index contributed by atoms with van der Waals surface area (Å²) in [6.45, 7) is 8.51. The van der Waals surface area contributed by atoms with Gasteiger partial charge in [-0.3, -0.25) is 4.31 Å². The Morgan fingerprint density at radius 2 is 1.76 bits per heavy atom. The molecular formula is C18H27NOS. The molecule has 21 heavy (non-hydrogen) atoms. The fourth-order valence-electron chi connectivity index (χ4n) is 2.78. The molecule has 2 unspecified atom stereocenters. The molecule has 1 heterocycles. The van der Waals surface area contributed by atoms with E-state index in [1.54, 1.807) is 0 Å². The van der Waals surface area contributed by atoms with Gasteiger partial charge in [-0.05, 0) is 34.4 Å². The maximum Gasteiger partial charge on any atom is 0.0630 e. The molecule has 0 saturated heterocycles. The minimum Gasteiger partial charge on any atom is -0.392 e. The quantitative estimate of drug-likeness (QED) is 0.807. The van der Waals surface area contributed by atoms with Gasteiger partial charge in [0.05, 0.1) is 6.10 Å². The lowest BCUT2D eigenvalue weighted by atomic mass is 10.1. The second-order valence-electron chi connectivity index (χ2n) is 5.39. The van der Waals surface area contributed by atoms with Crippen molar-refractivity contribution in [2.24, 2.45) is 0 Å². The average molecular weight is 305 g/mol. The molecule has 1 aromatic rings. The predicted octanol–water partition coefficient (Wildman–Crippen LogP) is 4.39. The Labute approximate surface area is 130 Å². The van der Waals surface area contributed by atoms with E-state index in [2.05, 4.69) is 66.2 Å². The molecule has 0 spiro atoms. The van der Waals surface area contributed by atoms with Crippen molar-refractivity contribution < 1.29 is 5.11 Å². The Hall–Kier alpha value is -1.03. The van der Waals surface area contributed by atoms with Crippen molar-refractivity contribution in [3.05, 3.63) is 52.8 Å². The summed E-state index contributed by atoms with van der Waals surface area (Å²) < 4.78 is 2.51. The van der Waals surface area contributed by atoms with Gasteiger partial charge < -0.3 is 5.11 Å². The van der Waals surface area contributed by atoms with Gasteiger partial charge >= 0.3 is 0 Å². The van der Waals surface area contributed by atoms with Gasteiger partial charge in [-0.1, -0.05) is 51.1 Å². The van der Waals surface area contributed by atoms with E-state index in [9.17, 15) is 5.11 Å². The Kier molecular flexibility index (Phi) is 5.68. The summed E-state index contributed by atoms with van der Waals surface area (Å²) in [7, 11) is -1.17. The minimum atomic E-state index is -1.17. The molecule has 0 saturated carbocycles. The van der Waals surface area contributed by atoms with E-state index in [1.807, 2.05) is 6.07 Å². The zero-order valence-corrected chi connectivity index (χ0v) is 14.1. The molecule has 2 nitrogen and oxygen atoms in total. The SMILES string of the molecule is CCC(O)CS1(N(CC)CC)C=CC(c2ccccc2)=C1. The van der Waals surface area contributed by atoms with E-state index in [0.29, 0.717) is 0 Å². The summed E-state index contributed by atoms with van der Waals surface area (Å²) in [5, 5.41) is 15.0. The van der Waals surface area contributed by atoms with Crippen LogP contribution < -0.4 is 0 Å². The molecule has 3 heteroatoms. The van der Waals surface area contributed by atoms with Crippen LogP contribution in [0.2, 0.25) is 0 Å². The van der Waals surface area contributed by atoms with Gasteiger partial charge in [0.15, 0.2) is 0 Å². The minimum absolute atomic E-state index is 0.225. The van der Waals surface area contributed by atoms with Crippen molar-refractivity contribution in [3.8, 4) is 0 Å². The normalized spacial score (nSPS) is 25.7. The Balaban J connectivity index is 2.35. The molecule has 1 N–H and O–H groups in total. The first-order chi connectivity index (χ1) is 10.1. The van der Waals surface area contributed by atoms with Crippen molar-refractivity contribution >= 4 is 15.8 Å². The molecule has 1 aliphatic rings. The van der Waals surface area contributed by atoms with Crippen molar-refractivity contribution in [3.63, 3.8) is 0 Å². The zero-order valence-electron chi connectivity index (χ0n) is 13.3. The summed E-state index contributed by atoms with van der Waals surface area (Å²) in [5.41, 5.74) is 2.56. The van der Waals surface area contributed by atoms with Gasteiger partial charge in [0.25, 0.3) is 0 Å².